The number of ether oxygens (including phenoxy) is 4. The lowest BCUT2D eigenvalue weighted by Gasteiger charge is -2.33. The molecule has 0 radical (unpaired) electrons. The number of nitrogens with zero attached hydrogens (tertiary/aromatic N) is 6. The van der Waals surface area contributed by atoms with E-state index in [0.29, 0.717) is 25.9 Å². The maximum absolute atomic E-state index is 13.6. The summed E-state index contributed by atoms with van der Waals surface area (Å²) in [5.74, 6) is -2.25. The molecule has 7 N–H and O–H groups in total. The molecule has 0 aliphatic carbocycles. The quantitative estimate of drug-likeness (QED) is 0.0979. The van der Waals surface area contributed by atoms with Crippen LogP contribution >= 0.6 is 0 Å². The van der Waals surface area contributed by atoms with E-state index in [1.807, 2.05) is 41.5 Å². The highest BCUT2D eigenvalue weighted by Gasteiger charge is 2.29. The van der Waals surface area contributed by atoms with Crippen molar-refractivity contribution in [2.45, 2.75) is 110 Å². The Morgan fingerprint density at radius 1 is 0.700 bits per heavy atom. The van der Waals surface area contributed by atoms with Crippen LogP contribution in [0.5, 0.6) is 11.5 Å². The number of carbonyl (C=O) groups excluding carboxylic acids is 4. The number of sulfone groups is 1. The number of halogens is 2. The molecule has 2 aromatic carbocycles. The first kappa shape index (κ1) is 57.6. The van der Waals surface area contributed by atoms with E-state index in [1.54, 1.807) is 9.80 Å². The number of carbonyl (C=O) groups is 4. The summed E-state index contributed by atoms with van der Waals surface area (Å²) < 4.78 is 71.3. The minimum Gasteiger partial charge on any atom is -0.496 e. The van der Waals surface area contributed by atoms with Crippen molar-refractivity contribution in [2.75, 3.05) is 62.9 Å². The molecular weight excluding hydrogens is 935 g/mol. The van der Waals surface area contributed by atoms with Crippen LogP contribution in [-0.2, 0) is 19.3 Å². The topological polar surface area (TPSA) is 287 Å². The van der Waals surface area contributed by atoms with E-state index in [2.05, 4.69) is 25.3 Å². The smallest absolute Gasteiger partial charge is 0.410 e. The Labute approximate surface area is 407 Å². The number of anilines is 3. The van der Waals surface area contributed by atoms with Crippen LogP contribution in [0.1, 0.15) is 113 Å². The van der Waals surface area contributed by atoms with Crippen LogP contribution in [0.15, 0.2) is 53.9 Å². The van der Waals surface area contributed by atoms with Gasteiger partial charge in [-0.05, 0) is 104 Å². The van der Waals surface area contributed by atoms with Crippen molar-refractivity contribution in [1.29, 1.82) is 0 Å². The summed E-state index contributed by atoms with van der Waals surface area (Å²) in [6.45, 7) is 15.1. The molecule has 384 valence electrons. The average molecular weight is 1000 g/mol. The van der Waals surface area contributed by atoms with Gasteiger partial charge in [-0.15, -0.1) is 0 Å². The van der Waals surface area contributed by atoms with Gasteiger partial charge in [0.15, 0.2) is 0 Å². The normalized spacial score (nSPS) is 14.3. The largest absolute Gasteiger partial charge is 0.496 e. The minimum absolute atomic E-state index is 0. The minimum atomic E-state index is -3.65. The zero-order valence-electron chi connectivity index (χ0n) is 40.3. The number of ketones is 2. The fourth-order valence-corrected chi connectivity index (χ4v) is 7.31. The van der Waals surface area contributed by atoms with Gasteiger partial charge in [-0.25, -0.2) is 41.7 Å². The van der Waals surface area contributed by atoms with Crippen LogP contribution in [0.3, 0.4) is 0 Å². The van der Waals surface area contributed by atoms with Crippen molar-refractivity contribution < 1.29 is 55.3 Å². The van der Waals surface area contributed by atoms with Gasteiger partial charge < -0.3 is 51.3 Å². The van der Waals surface area contributed by atoms with E-state index in [1.165, 1.54) is 45.5 Å². The van der Waals surface area contributed by atoms with E-state index >= 15 is 0 Å². The van der Waals surface area contributed by atoms with Crippen molar-refractivity contribution in [3.8, 4) is 11.5 Å². The second kappa shape index (κ2) is 24.7. The zero-order chi connectivity index (χ0) is 51.4. The molecule has 2 aliphatic rings. The number of nitrogens with two attached hydrogens (primary N) is 3. The predicted molar refractivity (Wildman–Crippen MR) is 260 cm³/mol. The summed E-state index contributed by atoms with van der Waals surface area (Å²) in [5, 5.41) is 2.73. The molecule has 70 heavy (non-hydrogen) atoms. The number of benzene rings is 2. The first-order valence-electron chi connectivity index (χ1n) is 22.0. The summed E-state index contributed by atoms with van der Waals surface area (Å²) >= 11 is 0. The summed E-state index contributed by atoms with van der Waals surface area (Å²) in [6, 6.07) is 7.40. The van der Waals surface area contributed by atoms with Gasteiger partial charge in [0.25, 0.3) is 0 Å². The predicted octanol–water partition coefficient (Wildman–Crippen LogP) is 6.46. The highest BCUT2D eigenvalue weighted by atomic mass is 32.2. The SMILES string of the molecule is C.CC(C)(C)OC(=O)N1CCC(N)CC1.CCS(=O)(=O)c1ncc(C(=O)c2cc(F)ccc2OC)c(N)n1.COc1ccc(F)cc1C(=O)c1cnc(NC2CCN(C(=O)OC(C)(C)C)CC2)nc1N. The van der Waals surface area contributed by atoms with Crippen molar-refractivity contribution in [1.82, 2.24) is 29.7 Å². The summed E-state index contributed by atoms with van der Waals surface area (Å²) in [7, 11) is -0.918. The Morgan fingerprint density at radius 3 is 1.50 bits per heavy atom. The van der Waals surface area contributed by atoms with Gasteiger partial charge in [-0.3, -0.25) is 9.59 Å². The van der Waals surface area contributed by atoms with Crippen LogP contribution in [-0.4, -0.2) is 131 Å². The molecule has 2 aromatic heterocycles. The molecule has 2 amide bonds. The van der Waals surface area contributed by atoms with Crippen LogP contribution in [0.25, 0.3) is 0 Å². The van der Waals surface area contributed by atoms with E-state index in [0.717, 1.165) is 50.3 Å². The monoisotopic (exact) mass is 1000 g/mol. The first-order chi connectivity index (χ1) is 32.2. The fraction of sp³-hybridized carbons (Fsp3) is 0.489. The van der Waals surface area contributed by atoms with Crippen LogP contribution in [0.2, 0.25) is 0 Å². The zero-order valence-corrected chi connectivity index (χ0v) is 41.1. The van der Waals surface area contributed by atoms with Gasteiger partial charge in [-0.2, -0.15) is 4.98 Å². The van der Waals surface area contributed by atoms with E-state index < -0.39 is 49.4 Å². The third-order valence-corrected chi connectivity index (χ3v) is 11.8. The number of nitrogens with one attached hydrogen (secondary N) is 1. The number of likely N-dealkylation sites (tertiary alicyclic amines) is 2. The molecule has 2 aliphatic heterocycles. The van der Waals surface area contributed by atoms with Crippen LogP contribution < -0.4 is 32.0 Å². The number of rotatable bonds is 10. The number of hydrogen-bond donors (Lipinski definition) is 4. The van der Waals surface area contributed by atoms with E-state index in [9.17, 15) is 36.4 Å². The lowest BCUT2D eigenvalue weighted by Crippen LogP contribution is -2.44. The molecule has 4 aromatic rings. The van der Waals surface area contributed by atoms with E-state index in [-0.39, 0.29) is 88.8 Å². The third kappa shape index (κ3) is 16.5. The Hall–Kier alpha value is -6.75. The average Bonchev–Trinajstić information content (AvgIpc) is 3.28. The van der Waals surface area contributed by atoms with Gasteiger partial charge in [-0.1, -0.05) is 14.4 Å². The number of nitrogen functional groups attached to an aromatic ring is 2. The Morgan fingerprint density at radius 2 is 1.11 bits per heavy atom. The Bertz CT molecular complexity index is 2580. The first-order valence-corrected chi connectivity index (χ1v) is 23.6. The number of piperidine rings is 2. The number of amides is 2. The molecule has 0 unspecified atom stereocenters. The molecule has 2 fully saturated rings. The summed E-state index contributed by atoms with van der Waals surface area (Å²) in [5.41, 5.74) is 16.4. The maximum atomic E-state index is 13.6. The summed E-state index contributed by atoms with van der Waals surface area (Å²) in [6.07, 6.45) is 4.90. The molecule has 0 spiro atoms. The summed E-state index contributed by atoms with van der Waals surface area (Å²) in [4.78, 5) is 68.2. The van der Waals surface area contributed by atoms with Crippen molar-refractivity contribution in [2.24, 2.45) is 5.73 Å². The van der Waals surface area contributed by atoms with E-state index in [4.69, 9.17) is 36.1 Å². The van der Waals surface area contributed by atoms with Crippen LogP contribution in [0, 0.1) is 11.6 Å². The lowest BCUT2D eigenvalue weighted by atomic mass is 10.0. The van der Waals surface area contributed by atoms with Gasteiger partial charge in [0.05, 0.1) is 42.2 Å². The third-order valence-electron chi connectivity index (χ3n) is 10.2. The van der Waals surface area contributed by atoms with Crippen molar-refractivity contribution >= 4 is 51.2 Å². The Balaban J connectivity index is 0.000000298. The van der Waals surface area contributed by atoms with Crippen molar-refractivity contribution in [3.05, 3.63) is 82.7 Å². The molecule has 6 rings (SSSR count). The Kier molecular flexibility index (Phi) is 20.3. The molecular formula is C47H66F2N10O10S. The number of hydrogen-bond acceptors (Lipinski definition) is 18. The maximum Gasteiger partial charge on any atom is 0.410 e. The number of methoxy groups -OCH3 is 2. The number of aromatic nitrogens is 4. The van der Waals surface area contributed by atoms with Gasteiger partial charge in [0.2, 0.25) is 32.5 Å². The molecule has 0 saturated carbocycles. The molecule has 23 heteroatoms. The molecule has 4 heterocycles. The highest BCUT2D eigenvalue weighted by Crippen LogP contribution is 2.27. The van der Waals surface area contributed by atoms with Gasteiger partial charge in [0, 0.05) is 50.7 Å². The van der Waals surface area contributed by atoms with Gasteiger partial charge >= 0.3 is 12.2 Å². The van der Waals surface area contributed by atoms with Gasteiger partial charge in [0.1, 0.15) is 46.0 Å². The second-order valence-electron chi connectivity index (χ2n) is 17.9. The molecule has 0 atom stereocenters. The molecule has 20 nitrogen and oxygen atoms in total. The molecule has 2 saturated heterocycles. The lowest BCUT2D eigenvalue weighted by molar-refractivity contribution is 0.0197. The van der Waals surface area contributed by atoms with Crippen LogP contribution in [0.4, 0.5) is 36.0 Å². The fourth-order valence-electron chi connectivity index (χ4n) is 6.60. The standard InChI is InChI=1S/C22H28FN5O4.C14H14FN3O4S.C10H20N2O2.CH4/c1-22(2,3)32-21(30)28-9-7-14(8-10-28)26-20-25-12-16(19(24)27-20)18(29)15-11-13(23)5-6-17(15)31-4;1-3-23(20,21)14-17-7-10(13(16)18-14)12(19)9-6-8(15)4-5-11(9)22-2;1-10(2,3)14-9(13)12-6-4-8(11)5-7-12;/h5-6,11-12,14H,7-10H2,1-4H3,(H3,24,25,26,27);4-7H,3H2,1-2H3,(H2,16,17,18);8H,4-7,11H2,1-3H3;1H4. The second-order valence-corrected chi connectivity index (χ2v) is 20.1. The highest BCUT2D eigenvalue weighted by molar-refractivity contribution is 7.91. The van der Waals surface area contributed by atoms with Crippen molar-refractivity contribution in [3.63, 3.8) is 0 Å². The molecule has 0 bridgehead atoms.